The maximum absolute atomic E-state index is 14.5. The van der Waals surface area contributed by atoms with Gasteiger partial charge in [-0.2, -0.15) is 0 Å². The third-order valence-corrected chi connectivity index (χ3v) is 12.3. The fourth-order valence-electron chi connectivity index (χ4n) is 8.95. The van der Waals surface area contributed by atoms with Crippen molar-refractivity contribution >= 4 is 23.7 Å². The van der Waals surface area contributed by atoms with Crippen LogP contribution >= 0.6 is 0 Å². The highest BCUT2D eigenvalue weighted by molar-refractivity contribution is 5.95. The van der Waals surface area contributed by atoms with Crippen LogP contribution in [0.1, 0.15) is 101 Å². The highest BCUT2D eigenvalue weighted by atomic mass is 16.5. The second-order valence-electron chi connectivity index (χ2n) is 17.3. The Labute approximate surface area is 299 Å². The minimum atomic E-state index is -2.05. The van der Waals surface area contributed by atoms with Gasteiger partial charge in [0.2, 0.25) is 11.8 Å². The third-order valence-electron chi connectivity index (χ3n) is 12.3. The summed E-state index contributed by atoms with van der Waals surface area (Å²) in [4.78, 5) is 59.5. The number of nitrogens with zero attached hydrogens (tertiary/aromatic N) is 3. The van der Waals surface area contributed by atoms with Gasteiger partial charge < -0.3 is 39.9 Å². The van der Waals surface area contributed by atoms with Crippen LogP contribution < -0.4 is 0 Å². The van der Waals surface area contributed by atoms with E-state index in [-0.39, 0.29) is 30.2 Å². The first-order chi connectivity index (χ1) is 22.8. The monoisotopic (exact) mass is 707 g/mol. The predicted molar refractivity (Wildman–Crippen MR) is 189 cm³/mol. The lowest BCUT2D eigenvalue weighted by atomic mass is 9.52. The molecule has 12 nitrogen and oxygen atoms in total. The third kappa shape index (κ3) is 7.78. The Morgan fingerprint density at radius 1 is 0.860 bits per heavy atom. The number of carbonyl (C=O) groups excluding carboxylic acids is 4. The van der Waals surface area contributed by atoms with Gasteiger partial charge in [0.15, 0.2) is 6.04 Å². The van der Waals surface area contributed by atoms with Crippen molar-refractivity contribution in [2.75, 3.05) is 20.6 Å². The predicted octanol–water partition coefficient (Wildman–Crippen LogP) is 2.75. The normalized spacial score (nSPS) is 34.6. The molecule has 11 atom stereocenters. The number of allylic oxidation sites excluding steroid dienone is 1. The molecule has 3 fully saturated rings. The van der Waals surface area contributed by atoms with E-state index in [2.05, 4.69) is 6.58 Å². The van der Waals surface area contributed by atoms with Gasteiger partial charge in [0.1, 0.15) is 36.0 Å². The number of fused-ring (bicyclic) bond motifs is 1. The summed E-state index contributed by atoms with van der Waals surface area (Å²) in [6.07, 6.45) is -0.326. The van der Waals surface area contributed by atoms with Crippen LogP contribution in [0.5, 0.6) is 0 Å². The summed E-state index contributed by atoms with van der Waals surface area (Å²) in [6.45, 7) is 21.4. The van der Waals surface area contributed by atoms with E-state index in [0.717, 1.165) is 16.9 Å². The Kier molecular flexibility index (Phi) is 12.7. The quantitative estimate of drug-likeness (QED) is 0.187. The average Bonchev–Trinajstić information content (AvgIpc) is 3.25. The summed E-state index contributed by atoms with van der Waals surface area (Å²) in [6, 6.07) is -3.68. The van der Waals surface area contributed by atoms with Gasteiger partial charge in [0, 0.05) is 19.5 Å². The Morgan fingerprint density at radius 2 is 1.40 bits per heavy atom. The molecule has 286 valence electrons. The molecule has 0 aromatic heterocycles. The lowest BCUT2D eigenvalue weighted by Gasteiger charge is -2.57. The lowest BCUT2D eigenvalue weighted by Crippen LogP contribution is -2.62. The number of likely N-dealkylation sites (N-methyl/N-ethyl adjacent to an activating group) is 2. The number of hydrogen-bond donors (Lipinski definition) is 4. The highest BCUT2D eigenvalue weighted by Crippen LogP contribution is 2.57. The molecular weight excluding hydrogens is 642 g/mol. The molecule has 1 heterocycles. The van der Waals surface area contributed by atoms with Crippen LogP contribution in [0.15, 0.2) is 12.2 Å². The van der Waals surface area contributed by atoms with Crippen molar-refractivity contribution in [3.63, 3.8) is 0 Å². The number of likely N-dealkylation sites (tertiary alicyclic amines) is 1. The Hall–Kier alpha value is -2.54. The van der Waals surface area contributed by atoms with Gasteiger partial charge in [-0.1, -0.05) is 60.6 Å². The van der Waals surface area contributed by atoms with Crippen molar-refractivity contribution in [1.82, 2.24) is 14.7 Å². The topological polar surface area (TPSA) is 168 Å². The smallest absolute Gasteiger partial charge is 0.332 e. The molecule has 3 rings (SSSR count). The van der Waals surface area contributed by atoms with Crippen molar-refractivity contribution in [2.45, 2.75) is 149 Å². The average molecular weight is 708 g/mol. The summed E-state index contributed by atoms with van der Waals surface area (Å²) < 4.78 is 6.23. The van der Waals surface area contributed by atoms with E-state index < -0.39 is 82.7 Å². The molecule has 2 saturated carbocycles. The highest BCUT2D eigenvalue weighted by Gasteiger charge is 2.60. The second-order valence-corrected chi connectivity index (χ2v) is 17.3. The molecule has 0 bridgehead atoms. The molecule has 2 aliphatic carbocycles. The van der Waals surface area contributed by atoms with Crippen molar-refractivity contribution in [3.8, 4) is 0 Å². The molecule has 3 amide bonds. The van der Waals surface area contributed by atoms with Crippen LogP contribution in [0.3, 0.4) is 0 Å². The van der Waals surface area contributed by atoms with Crippen LogP contribution in [0.4, 0.5) is 0 Å². The van der Waals surface area contributed by atoms with Gasteiger partial charge in [0.25, 0.3) is 5.91 Å². The van der Waals surface area contributed by atoms with Crippen molar-refractivity contribution in [3.05, 3.63) is 12.2 Å². The van der Waals surface area contributed by atoms with E-state index in [0.29, 0.717) is 25.7 Å². The fourth-order valence-corrected chi connectivity index (χ4v) is 8.95. The Bertz CT molecular complexity index is 1300. The first-order valence-electron chi connectivity index (χ1n) is 18.3. The van der Waals surface area contributed by atoms with E-state index in [1.165, 1.54) is 30.8 Å². The molecule has 4 N–H and O–H groups in total. The largest absolute Gasteiger partial charge is 0.460 e. The van der Waals surface area contributed by atoms with Crippen molar-refractivity contribution < 1.29 is 44.3 Å². The zero-order valence-electron chi connectivity index (χ0n) is 32.5. The minimum Gasteiger partial charge on any atom is -0.460 e. The molecule has 50 heavy (non-hydrogen) atoms. The summed E-state index contributed by atoms with van der Waals surface area (Å²) in [5.41, 5.74) is -2.52. The van der Waals surface area contributed by atoms with E-state index in [1.807, 2.05) is 20.8 Å². The van der Waals surface area contributed by atoms with Crippen molar-refractivity contribution in [1.29, 1.82) is 0 Å². The van der Waals surface area contributed by atoms with Crippen LogP contribution in [0, 0.1) is 35.0 Å². The molecule has 0 radical (unpaired) electrons. The van der Waals surface area contributed by atoms with Crippen LogP contribution in [-0.2, 0) is 23.9 Å². The fraction of sp³-hybridized carbons (Fsp3) is 0.842. The molecule has 0 aromatic carbocycles. The lowest BCUT2D eigenvalue weighted by molar-refractivity contribution is -0.203. The Balaban J connectivity index is 1.93. The van der Waals surface area contributed by atoms with Crippen LogP contribution in [0.25, 0.3) is 0 Å². The van der Waals surface area contributed by atoms with Gasteiger partial charge in [-0.25, -0.2) is 4.79 Å². The summed E-state index contributed by atoms with van der Waals surface area (Å²) in [5, 5.41) is 44.5. The summed E-state index contributed by atoms with van der Waals surface area (Å²) in [7, 11) is 2.92. The van der Waals surface area contributed by atoms with Crippen LogP contribution in [-0.4, -0.2) is 127 Å². The van der Waals surface area contributed by atoms with Gasteiger partial charge in [-0.3, -0.25) is 14.4 Å². The molecule has 0 aromatic rings. The number of β-amino-alcohol motifs (C(OH)–C–C–N with tert-alkyl or cyclic N) is 1. The summed E-state index contributed by atoms with van der Waals surface area (Å²) in [5.74, 6) is -3.76. The Morgan fingerprint density at radius 3 is 1.90 bits per heavy atom. The number of ether oxygens (including phenoxy) is 1. The van der Waals surface area contributed by atoms with E-state index in [1.54, 1.807) is 41.5 Å². The minimum absolute atomic E-state index is 0.171. The number of esters is 1. The maximum Gasteiger partial charge on any atom is 0.332 e. The number of aliphatic hydroxyl groups excluding tert-OH is 2. The zero-order valence-corrected chi connectivity index (χ0v) is 32.5. The van der Waals surface area contributed by atoms with E-state index in [4.69, 9.17) is 4.74 Å². The molecular formula is C38H65N3O9. The number of aliphatic hydroxyl groups is 4. The number of carbonyl (C=O) groups is 4. The molecule has 3 aliphatic rings. The molecule has 11 unspecified atom stereocenters. The SMILES string of the molecule is C=C(C)C1CCC2(C)C(OC(=O)C3N(C(=O)C(C(C)C)N(C)C(=O)C(C(C)C)N(C)C(=O)C(O)C(C)C)CC(O)C3(C)O)CCC(C)(O)C2C1. The van der Waals surface area contributed by atoms with Gasteiger partial charge in [0.05, 0.1) is 12.1 Å². The maximum atomic E-state index is 14.5. The van der Waals surface area contributed by atoms with E-state index in [9.17, 15) is 39.6 Å². The van der Waals surface area contributed by atoms with Gasteiger partial charge >= 0.3 is 5.97 Å². The van der Waals surface area contributed by atoms with Crippen LogP contribution in [0.2, 0.25) is 0 Å². The molecule has 12 heteroatoms. The molecule has 1 saturated heterocycles. The number of amides is 3. The molecule has 0 spiro atoms. The molecule has 1 aliphatic heterocycles. The second kappa shape index (κ2) is 15.2. The van der Waals surface area contributed by atoms with Crippen molar-refractivity contribution in [2.24, 2.45) is 35.0 Å². The van der Waals surface area contributed by atoms with E-state index >= 15 is 0 Å². The number of hydrogen-bond acceptors (Lipinski definition) is 9. The first-order valence-corrected chi connectivity index (χ1v) is 18.3. The number of rotatable bonds is 11. The summed E-state index contributed by atoms with van der Waals surface area (Å²) >= 11 is 0. The standard InChI is InChI=1S/C38H65N3O9/c1-20(2)24-14-16-36(9)25(18-24)37(10,48)17-15-27(36)50-35(47)31-38(11,49)26(42)19-41(31)33(45)29(22(5)6)39(12)32(44)28(21(3)4)40(13)34(46)30(43)23(7)8/h21-31,42-43,48-49H,1,14-19H2,2-13H3. The van der Waals surface area contributed by atoms with Gasteiger partial charge in [-0.15, -0.1) is 0 Å². The first kappa shape index (κ1) is 41.9. The zero-order chi connectivity index (χ0) is 38.4. The van der Waals surface area contributed by atoms with Gasteiger partial charge in [-0.05, 0) is 82.5 Å².